The summed E-state index contributed by atoms with van der Waals surface area (Å²) in [4.78, 5) is 12.6. The van der Waals surface area contributed by atoms with Crippen molar-refractivity contribution in [1.82, 2.24) is 0 Å². The van der Waals surface area contributed by atoms with Gasteiger partial charge in [-0.05, 0) is 17.5 Å². The van der Waals surface area contributed by atoms with Crippen molar-refractivity contribution in [2.45, 2.75) is 11.8 Å². The zero-order valence-electron chi connectivity index (χ0n) is 10.5. The van der Waals surface area contributed by atoms with Gasteiger partial charge in [0, 0.05) is 19.4 Å². The molecule has 0 aliphatic heterocycles. The van der Waals surface area contributed by atoms with Crippen molar-refractivity contribution in [3.05, 3.63) is 36.4 Å². The Kier molecular flexibility index (Phi) is 3.30. The lowest BCUT2D eigenvalue weighted by Crippen LogP contribution is -2.23. The summed E-state index contributed by atoms with van der Waals surface area (Å²) in [7, 11) is -2.76. The second kappa shape index (κ2) is 4.64. The maximum Gasteiger partial charge on any atom is 0.294 e. The van der Waals surface area contributed by atoms with Gasteiger partial charge in [0.15, 0.2) is 0 Å². The molecule has 1 amide bonds. The first-order valence-corrected chi connectivity index (χ1v) is 6.99. The van der Waals surface area contributed by atoms with E-state index in [0.717, 1.165) is 5.39 Å². The van der Waals surface area contributed by atoms with E-state index in [-0.39, 0.29) is 10.8 Å². The third-order valence-corrected chi connectivity index (χ3v) is 3.78. The molecule has 0 bridgehead atoms. The zero-order chi connectivity index (χ0) is 14.2. The molecule has 0 aliphatic rings. The Morgan fingerprint density at radius 3 is 2.42 bits per heavy atom. The second-order valence-corrected chi connectivity index (χ2v) is 5.64. The van der Waals surface area contributed by atoms with E-state index in [2.05, 4.69) is 0 Å². The minimum absolute atomic E-state index is 0.224. The number of carbonyl (C=O) groups excluding carboxylic acids is 1. The Morgan fingerprint density at radius 1 is 1.21 bits per heavy atom. The zero-order valence-corrected chi connectivity index (χ0v) is 11.3. The number of fused-ring (bicyclic) bond motifs is 1. The van der Waals surface area contributed by atoms with Gasteiger partial charge < -0.3 is 4.90 Å². The smallest absolute Gasteiger partial charge is 0.294 e. The van der Waals surface area contributed by atoms with Gasteiger partial charge in [0.25, 0.3) is 10.1 Å². The highest BCUT2D eigenvalue weighted by molar-refractivity contribution is 7.85. The molecule has 2 aromatic carbocycles. The number of amides is 1. The normalized spacial score (nSPS) is 11.5. The molecule has 0 saturated heterocycles. The van der Waals surface area contributed by atoms with Gasteiger partial charge in [-0.3, -0.25) is 9.35 Å². The van der Waals surface area contributed by atoms with Crippen LogP contribution in [0, 0.1) is 0 Å². The fourth-order valence-electron chi connectivity index (χ4n) is 1.86. The van der Waals surface area contributed by atoms with E-state index in [4.69, 9.17) is 4.55 Å². The molecule has 19 heavy (non-hydrogen) atoms. The van der Waals surface area contributed by atoms with Crippen molar-refractivity contribution >= 4 is 32.5 Å². The van der Waals surface area contributed by atoms with Crippen molar-refractivity contribution in [3.8, 4) is 0 Å². The van der Waals surface area contributed by atoms with Crippen molar-refractivity contribution in [2.24, 2.45) is 0 Å². The summed E-state index contributed by atoms with van der Waals surface area (Å²) >= 11 is 0. The lowest BCUT2D eigenvalue weighted by atomic mass is 10.1. The number of hydrogen-bond donors (Lipinski definition) is 1. The van der Waals surface area contributed by atoms with Gasteiger partial charge in [-0.1, -0.05) is 24.3 Å². The lowest BCUT2D eigenvalue weighted by molar-refractivity contribution is -0.116. The minimum atomic E-state index is -4.31. The van der Waals surface area contributed by atoms with Gasteiger partial charge in [0.1, 0.15) is 0 Å². The molecule has 2 rings (SSSR count). The van der Waals surface area contributed by atoms with E-state index < -0.39 is 10.1 Å². The fraction of sp³-hybridized carbons (Fsp3) is 0.154. The molecule has 0 heterocycles. The Bertz CT molecular complexity index is 752. The number of nitrogens with zero attached hydrogens (tertiary/aromatic N) is 1. The van der Waals surface area contributed by atoms with E-state index in [9.17, 15) is 13.2 Å². The summed E-state index contributed by atoms with van der Waals surface area (Å²) in [5.41, 5.74) is 0.443. The van der Waals surface area contributed by atoms with Gasteiger partial charge in [-0.15, -0.1) is 0 Å². The molecule has 0 spiro atoms. The average Bonchev–Trinajstić information content (AvgIpc) is 2.35. The van der Waals surface area contributed by atoms with E-state index in [1.165, 1.54) is 24.0 Å². The van der Waals surface area contributed by atoms with Crippen LogP contribution in [-0.2, 0) is 14.9 Å². The second-order valence-electron chi connectivity index (χ2n) is 4.22. The Labute approximate surface area is 111 Å². The average molecular weight is 279 g/mol. The Hall–Kier alpha value is -1.92. The monoisotopic (exact) mass is 279 g/mol. The van der Waals surface area contributed by atoms with Gasteiger partial charge >= 0.3 is 0 Å². The third kappa shape index (κ3) is 2.59. The van der Waals surface area contributed by atoms with Gasteiger partial charge in [0.05, 0.1) is 10.6 Å². The maximum absolute atomic E-state index is 11.5. The summed E-state index contributed by atoms with van der Waals surface area (Å²) in [6, 6.07) is 9.74. The van der Waals surface area contributed by atoms with E-state index in [1.807, 2.05) is 0 Å². The Morgan fingerprint density at radius 2 is 1.84 bits per heavy atom. The lowest BCUT2D eigenvalue weighted by Gasteiger charge is -2.18. The van der Waals surface area contributed by atoms with E-state index in [1.54, 1.807) is 31.3 Å². The molecule has 0 atom stereocenters. The van der Waals surface area contributed by atoms with Crippen LogP contribution in [0.25, 0.3) is 10.8 Å². The van der Waals surface area contributed by atoms with Crippen molar-refractivity contribution < 1.29 is 17.8 Å². The van der Waals surface area contributed by atoms with Crippen LogP contribution in [0.4, 0.5) is 5.69 Å². The van der Waals surface area contributed by atoms with Crippen LogP contribution >= 0.6 is 0 Å². The third-order valence-electron chi connectivity index (χ3n) is 2.95. The van der Waals surface area contributed by atoms with Gasteiger partial charge in [-0.2, -0.15) is 8.42 Å². The predicted octanol–water partition coefficient (Wildman–Crippen LogP) is 2.07. The highest BCUT2D eigenvalue weighted by Gasteiger charge is 2.16. The first kappa shape index (κ1) is 13.5. The topological polar surface area (TPSA) is 74.7 Å². The van der Waals surface area contributed by atoms with Gasteiger partial charge in [-0.25, -0.2) is 0 Å². The van der Waals surface area contributed by atoms with Crippen LogP contribution in [0.15, 0.2) is 41.3 Å². The standard InChI is InChI=1S/C13H13NO4S/c1-9(15)14(2)13-8-11(19(16,17)18)7-10-5-3-4-6-12(10)13/h3-8H,1-2H3,(H,16,17,18). The van der Waals surface area contributed by atoms with Crippen LogP contribution in [0.1, 0.15) is 6.92 Å². The maximum atomic E-state index is 11.5. The molecule has 0 radical (unpaired) electrons. The molecule has 2 aromatic rings. The van der Waals surface area contributed by atoms with Crippen LogP contribution in [0.5, 0.6) is 0 Å². The number of hydrogen-bond acceptors (Lipinski definition) is 3. The molecule has 100 valence electrons. The Balaban J connectivity index is 2.83. The first-order chi connectivity index (χ1) is 8.80. The first-order valence-electron chi connectivity index (χ1n) is 5.55. The van der Waals surface area contributed by atoms with Crippen LogP contribution in [-0.4, -0.2) is 25.9 Å². The summed E-state index contributed by atoms with van der Waals surface area (Å²) in [5.74, 6) is -0.224. The number of anilines is 1. The van der Waals surface area contributed by atoms with E-state index in [0.29, 0.717) is 11.1 Å². The molecule has 0 saturated carbocycles. The number of rotatable bonds is 2. The summed E-state index contributed by atoms with van der Waals surface area (Å²) in [6.45, 7) is 1.38. The van der Waals surface area contributed by atoms with Crippen LogP contribution < -0.4 is 4.90 Å². The molecule has 1 N–H and O–H groups in total. The summed E-state index contributed by atoms with van der Waals surface area (Å²) in [6.07, 6.45) is 0. The number of benzene rings is 2. The summed E-state index contributed by atoms with van der Waals surface area (Å²) in [5, 5.41) is 1.38. The highest BCUT2D eigenvalue weighted by atomic mass is 32.2. The van der Waals surface area contributed by atoms with Gasteiger partial charge in [0.2, 0.25) is 5.91 Å². The van der Waals surface area contributed by atoms with Crippen LogP contribution in [0.2, 0.25) is 0 Å². The van der Waals surface area contributed by atoms with Crippen LogP contribution in [0.3, 0.4) is 0 Å². The highest BCUT2D eigenvalue weighted by Crippen LogP contribution is 2.30. The van der Waals surface area contributed by atoms with Crippen molar-refractivity contribution in [1.29, 1.82) is 0 Å². The molecule has 5 nitrogen and oxygen atoms in total. The largest absolute Gasteiger partial charge is 0.315 e. The van der Waals surface area contributed by atoms with Crippen molar-refractivity contribution in [3.63, 3.8) is 0 Å². The molecular weight excluding hydrogens is 266 g/mol. The molecule has 0 aliphatic carbocycles. The predicted molar refractivity (Wildman–Crippen MR) is 72.8 cm³/mol. The molecular formula is C13H13NO4S. The quantitative estimate of drug-likeness (QED) is 0.854. The van der Waals surface area contributed by atoms with Crippen molar-refractivity contribution in [2.75, 3.05) is 11.9 Å². The minimum Gasteiger partial charge on any atom is -0.315 e. The van der Waals surface area contributed by atoms with E-state index >= 15 is 0 Å². The SMILES string of the molecule is CC(=O)N(C)c1cc(S(=O)(=O)O)cc2ccccc12. The molecule has 0 unspecified atom stereocenters. The number of carbonyl (C=O) groups is 1. The molecule has 0 aromatic heterocycles. The molecule has 6 heteroatoms. The fourth-order valence-corrected chi connectivity index (χ4v) is 2.40. The summed E-state index contributed by atoms with van der Waals surface area (Å²) < 4.78 is 31.7. The molecule has 0 fully saturated rings.